The number of rotatable bonds is 6. The number of amides is 1. The van der Waals surface area contributed by atoms with Crippen LogP contribution in [0.3, 0.4) is 0 Å². The van der Waals surface area contributed by atoms with Crippen LogP contribution in [0.2, 0.25) is 0 Å². The fourth-order valence-corrected chi connectivity index (χ4v) is 2.97. The number of anilines is 3. The first-order valence-electron chi connectivity index (χ1n) is 9.26. The minimum absolute atomic E-state index is 0.0246. The number of aryl methyl sites for hydroxylation is 1. The molecule has 10 heteroatoms. The number of aromatic nitrogens is 3. The van der Waals surface area contributed by atoms with Gasteiger partial charge in [0.15, 0.2) is 0 Å². The van der Waals surface area contributed by atoms with Crippen LogP contribution in [0.5, 0.6) is 0 Å². The van der Waals surface area contributed by atoms with E-state index in [4.69, 9.17) is 0 Å². The molecule has 10 nitrogen and oxygen atoms in total. The monoisotopic (exact) mass is 415 g/mol. The van der Waals surface area contributed by atoms with E-state index < -0.39 is 16.5 Å². The molecule has 0 spiro atoms. The Labute approximate surface area is 176 Å². The molecule has 154 valence electrons. The van der Waals surface area contributed by atoms with Crippen molar-refractivity contribution in [2.75, 3.05) is 10.7 Å². The SMILES string of the molecule is Cc1ccc(C(=O)NNc2ncnc(Nc3cccc4ncccc34)c2[N+](=O)[O-])cc1. The van der Waals surface area contributed by atoms with Gasteiger partial charge in [0.25, 0.3) is 5.91 Å². The molecule has 0 aliphatic carbocycles. The van der Waals surface area contributed by atoms with Crippen molar-refractivity contribution in [2.45, 2.75) is 6.92 Å². The topological polar surface area (TPSA) is 135 Å². The quantitative estimate of drug-likeness (QED) is 0.320. The zero-order valence-electron chi connectivity index (χ0n) is 16.4. The van der Waals surface area contributed by atoms with Gasteiger partial charge in [-0.15, -0.1) is 0 Å². The van der Waals surface area contributed by atoms with Crippen LogP contribution in [-0.4, -0.2) is 25.8 Å². The van der Waals surface area contributed by atoms with E-state index in [1.165, 1.54) is 6.33 Å². The fourth-order valence-electron chi connectivity index (χ4n) is 2.97. The molecular formula is C21H17N7O3. The molecule has 3 N–H and O–H groups in total. The predicted octanol–water partition coefficient (Wildman–Crippen LogP) is 3.74. The van der Waals surface area contributed by atoms with Gasteiger partial charge in [-0.2, -0.15) is 0 Å². The maximum atomic E-state index is 12.3. The fraction of sp³-hybridized carbons (Fsp3) is 0.0476. The Kier molecular flexibility index (Phi) is 5.35. The predicted molar refractivity (Wildman–Crippen MR) is 116 cm³/mol. The number of carbonyl (C=O) groups excluding carboxylic acids is 1. The first-order chi connectivity index (χ1) is 15.0. The van der Waals surface area contributed by atoms with Crippen molar-refractivity contribution in [3.8, 4) is 0 Å². The van der Waals surface area contributed by atoms with E-state index in [0.29, 0.717) is 11.3 Å². The van der Waals surface area contributed by atoms with Gasteiger partial charge in [0, 0.05) is 22.8 Å². The number of nitrogens with zero attached hydrogens (tertiary/aromatic N) is 4. The Morgan fingerprint density at radius 1 is 0.968 bits per heavy atom. The minimum atomic E-state index is -0.619. The number of benzene rings is 2. The summed E-state index contributed by atoms with van der Waals surface area (Å²) < 4.78 is 0. The van der Waals surface area contributed by atoms with Gasteiger partial charge >= 0.3 is 5.69 Å². The van der Waals surface area contributed by atoms with Crippen LogP contribution in [0.4, 0.5) is 23.0 Å². The van der Waals surface area contributed by atoms with Crippen molar-refractivity contribution < 1.29 is 9.72 Å². The molecule has 0 aliphatic rings. The molecule has 2 aromatic carbocycles. The third-order valence-electron chi connectivity index (χ3n) is 4.51. The van der Waals surface area contributed by atoms with E-state index in [9.17, 15) is 14.9 Å². The van der Waals surface area contributed by atoms with Gasteiger partial charge in [0.1, 0.15) is 6.33 Å². The van der Waals surface area contributed by atoms with E-state index in [2.05, 4.69) is 31.1 Å². The zero-order valence-corrected chi connectivity index (χ0v) is 16.4. The molecule has 0 bridgehead atoms. The number of carbonyl (C=O) groups is 1. The molecule has 4 aromatic rings. The highest BCUT2D eigenvalue weighted by atomic mass is 16.6. The number of nitrogens with one attached hydrogen (secondary N) is 3. The number of hydrazine groups is 1. The summed E-state index contributed by atoms with van der Waals surface area (Å²) in [5, 5.41) is 15.5. The molecule has 0 fully saturated rings. The molecule has 0 saturated heterocycles. The van der Waals surface area contributed by atoms with Gasteiger partial charge < -0.3 is 5.32 Å². The molecule has 31 heavy (non-hydrogen) atoms. The average molecular weight is 415 g/mol. The van der Waals surface area contributed by atoms with E-state index in [0.717, 1.165) is 16.5 Å². The van der Waals surface area contributed by atoms with Gasteiger partial charge in [-0.3, -0.25) is 30.7 Å². The van der Waals surface area contributed by atoms with Gasteiger partial charge in [0.05, 0.1) is 10.4 Å². The molecule has 2 aromatic heterocycles. The van der Waals surface area contributed by atoms with Crippen LogP contribution in [0.25, 0.3) is 10.9 Å². The molecule has 0 unspecified atom stereocenters. The van der Waals surface area contributed by atoms with Crippen LogP contribution in [-0.2, 0) is 0 Å². The Morgan fingerprint density at radius 3 is 2.52 bits per heavy atom. The Bertz CT molecular complexity index is 1270. The maximum absolute atomic E-state index is 12.3. The van der Waals surface area contributed by atoms with E-state index in [-0.39, 0.29) is 11.6 Å². The second kappa shape index (κ2) is 8.41. The van der Waals surface area contributed by atoms with Crippen molar-refractivity contribution in [3.05, 3.63) is 88.4 Å². The van der Waals surface area contributed by atoms with Crippen molar-refractivity contribution >= 4 is 39.8 Å². The van der Waals surface area contributed by atoms with E-state index >= 15 is 0 Å². The Balaban J connectivity index is 1.61. The van der Waals surface area contributed by atoms with Crippen LogP contribution in [0.15, 0.2) is 67.1 Å². The van der Waals surface area contributed by atoms with Crippen molar-refractivity contribution in [1.29, 1.82) is 0 Å². The lowest BCUT2D eigenvalue weighted by molar-refractivity contribution is -0.383. The second-order valence-electron chi connectivity index (χ2n) is 6.62. The van der Waals surface area contributed by atoms with Gasteiger partial charge in [-0.25, -0.2) is 9.97 Å². The van der Waals surface area contributed by atoms with Crippen LogP contribution >= 0.6 is 0 Å². The van der Waals surface area contributed by atoms with Crippen molar-refractivity contribution in [3.63, 3.8) is 0 Å². The standard InChI is InChI=1S/C21H17N7O3/c1-13-7-9-14(10-8-13)21(29)27-26-20-18(28(30)31)19(23-12-24-20)25-17-6-2-5-16-15(17)4-3-11-22-16/h2-12H,1H3,(H,27,29)(H2,23,24,25,26). The summed E-state index contributed by atoms with van der Waals surface area (Å²) in [6.07, 6.45) is 2.83. The zero-order chi connectivity index (χ0) is 21.8. The number of hydrogen-bond acceptors (Lipinski definition) is 8. The molecule has 0 aliphatic heterocycles. The second-order valence-corrected chi connectivity index (χ2v) is 6.62. The first kappa shape index (κ1) is 19.7. The highest BCUT2D eigenvalue weighted by Gasteiger charge is 2.24. The molecular weight excluding hydrogens is 398 g/mol. The van der Waals surface area contributed by atoms with Gasteiger partial charge in [0.2, 0.25) is 11.6 Å². The third kappa shape index (κ3) is 4.22. The van der Waals surface area contributed by atoms with Crippen LogP contribution in [0, 0.1) is 17.0 Å². The number of hydrogen-bond donors (Lipinski definition) is 3. The van der Waals surface area contributed by atoms with Crippen molar-refractivity contribution in [1.82, 2.24) is 20.4 Å². The average Bonchev–Trinajstić information content (AvgIpc) is 2.78. The van der Waals surface area contributed by atoms with Crippen LogP contribution < -0.4 is 16.2 Å². The number of nitro groups is 1. The molecule has 4 rings (SSSR count). The Hall–Kier alpha value is -4.60. The molecule has 0 atom stereocenters. The third-order valence-corrected chi connectivity index (χ3v) is 4.51. The van der Waals surface area contributed by atoms with Crippen molar-refractivity contribution in [2.24, 2.45) is 0 Å². The highest BCUT2D eigenvalue weighted by Crippen LogP contribution is 2.32. The van der Waals surface area contributed by atoms with Crippen LogP contribution in [0.1, 0.15) is 15.9 Å². The largest absolute Gasteiger partial charge is 0.355 e. The summed E-state index contributed by atoms with van der Waals surface area (Å²) in [6.45, 7) is 1.91. The molecule has 0 radical (unpaired) electrons. The normalized spacial score (nSPS) is 10.5. The minimum Gasteiger partial charge on any atom is -0.334 e. The number of pyridine rings is 1. The maximum Gasteiger partial charge on any atom is 0.355 e. The molecule has 0 saturated carbocycles. The van der Waals surface area contributed by atoms with Gasteiger partial charge in [-0.1, -0.05) is 23.8 Å². The lowest BCUT2D eigenvalue weighted by Crippen LogP contribution is -2.30. The smallest absolute Gasteiger partial charge is 0.334 e. The number of fused-ring (bicyclic) bond motifs is 1. The first-order valence-corrected chi connectivity index (χ1v) is 9.26. The summed E-state index contributed by atoms with van der Waals surface area (Å²) in [6, 6.07) is 15.9. The van der Waals surface area contributed by atoms with Gasteiger partial charge in [-0.05, 0) is 43.3 Å². The summed E-state index contributed by atoms with van der Waals surface area (Å²) >= 11 is 0. The summed E-state index contributed by atoms with van der Waals surface area (Å²) in [7, 11) is 0. The summed E-state index contributed by atoms with van der Waals surface area (Å²) in [5.41, 5.74) is 7.28. The lowest BCUT2D eigenvalue weighted by atomic mass is 10.1. The lowest BCUT2D eigenvalue weighted by Gasteiger charge is -2.12. The molecule has 1 amide bonds. The van der Waals surface area contributed by atoms with E-state index in [1.54, 1.807) is 48.7 Å². The highest BCUT2D eigenvalue weighted by molar-refractivity contribution is 5.96. The summed E-state index contributed by atoms with van der Waals surface area (Å²) in [5.74, 6) is -0.632. The molecule has 2 heterocycles. The summed E-state index contributed by atoms with van der Waals surface area (Å²) in [4.78, 5) is 35.7. The van der Waals surface area contributed by atoms with E-state index in [1.807, 2.05) is 19.1 Å². The Morgan fingerprint density at radius 2 is 1.74 bits per heavy atom.